The third kappa shape index (κ3) is 8.02. The number of likely N-dealkylation sites (N-methyl/N-ethyl adjacent to an activating group) is 1. The molecule has 5 nitrogen and oxygen atoms in total. The molecule has 5 heteroatoms. The van der Waals surface area contributed by atoms with Crippen LogP contribution in [-0.4, -0.2) is 63.3 Å². The maximum Gasteiger partial charge on any atom is 0.191 e. The van der Waals surface area contributed by atoms with Crippen molar-refractivity contribution in [2.75, 3.05) is 46.4 Å². The fourth-order valence-electron chi connectivity index (χ4n) is 3.11. The van der Waals surface area contributed by atoms with Gasteiger partial charge in [0.15, 0.2) is 5.96 Å². The van der Waals surface area contributed by atoms with Crippen molar-refractivity contribution in [1.82, 2.24) is 15.5 Å². The summed E-state index contributed by atoms with van der Waals surface area (Å²) in [6, 6.07) is 0.792. The maximum atomic E-state index is 5.65. The molecule has 2 fully saturated rings. The highest BCUT2D eigenvalue weighted by atomic mass is 16.5. The van der Waals surface area contributed by atoms with Gasteiger partial charge in [-0.25, -0.2) is 0 Å². The highest BCUT2D eigenvalue weighted by Gasteiger charge is 2.21. The molecule has 0 atom stereocenters. The second kappa shape index (κ2) is 10.9. The van der Waals surface area contributed by atoms with Gasteiger partial charge in [-0.05, 0) is 52.0 Å². The van der Waals surface area contributed by atoms with Crippen LogP contribution < -0.4 is 10.6 Å². The minimum absolute atomic E-state index is 0.792. The summed E-state index contributed by atoms with van der Waals surface area (Å²) in [5.41, 5.74) is 0. The van der Waals surface area contributed by atoms with Gasteiger partial charge in [-0.2, -0.15) is 0 Å². The van der Waals surface area contributed by atoms with Crippen molar-refractivity contribution in [3.63, 3.8) is 0 Å². The highest BCUT2D eigenvalue weighted by Crippen LogP contribution is 2.28. The quantitative estimate of drug-likeness (QED) is 0.348. The van der Waals surface area contributed by atoms with E-state index in [0.717, 1.165) is 63.7 Å². The summed E-state index contributed by atoms with van der Waals surface area (Å²) in [4.78, 5) is 7.13. The van der Waals surface area contributed by atoms with Crippen LogP contribution in [0.5, 0.6) is 0 Å². The third-order valence-electron chi connectivity index (χ3n) is 4.82. The number of ether oxygens (including phenoxy) is 1. The zero-order valence-electron chi connectivity index (χ0n) is 15.1. The molecule has 2 rings (SSSR count). The van der Waals surface area contributed by atoms with Crippen LogP contribution in [0.1, 0.15) is 51.9 Å². The number of guanidine groups is 1. The van der Waals surface area contributed by atoms with Gasteiger partial charge in [-0.1, -0.05) is 12.8 Å². The normalized spacial score (nSPS) is 19.5. The Labute approximate surface area is 142 Å². The van der Waals surface area contributed by atoms with Crippen LogP contribution in [0.15, 0.2) is 4.99 Å². The van der Waals surface area contributed by atoms with Crippen molar-refractivity contribution in [2.24, 2.45) is 10.9 Å². The van der Waals surface area contributed by atoms with Crippen LogP contribution in [0.4, 0.5) is 0 Å². The van der Waals surface area contributed by atoms with Crippen molar-refractivity contribution >= 4 is 5.96 Å². The zero-order valence-corrected chi connectivity index (χ0v) is 15.1. The van der Waals surface area contributed by atoms with Crippen LogP contribution in [0.2, 0.25) is 0 Å². The molecule has 23 heavy (non-hydrogen) atoms. The first-order valence-electron chi connectivity index (χ1n) is 9.59. The lowest BCUT2D eigenvalue weighted by atomic mass is 10.2. The minimum atomic E-state index is 0.792. The first-order chi connectivity index (χ1) is 11.3. The smallest absolute Gasteiger partial charge is 0.191 e. The molecule has 0 radical (unpaired) electrons. The van der Waals surface area contributed by atoms with E-state index in [9.17, 15) is 0 Å². The van der Waals surface area contributed by atoms with Crippen molar-refractivity contribution in [2.45, 2.75) is 57.9 Å². The fraction of sp³-hybridized carbons (Fsp3) is 0.944. The molecule has 0 amide bonds. The molecule has 2 saturated carbocycles. The maximum absolute atomic E-state index is 5.65. The van der Waals surface area contributed by atoms with E-state index in [0.29, 0.717) is 0 Å². The molecule has 0 aromatic heterocycles. The Morgan fingerprint density at radius 1 is 1.17 bits per heavy atom. The average molecular weight is 325 g/mol. The first kappa shape index (κ1) is 18.5. The molecule has 0 bridgehead atoms. The number of hydrogen-bond acceptors (Lipinski definition) is 3. The molecule has 0 spiro atoms. The number of aliphatic imine (C=N–C) groups is 1. The third-order valence-corrected chi connectivity index (χ3v) is 4.82. The molecule has 0 unspecified atom stereocenters. The van der Waals surface area contributed by atoms with E-state index < -0.39 is 0 Å². The number of nitrogens with one attached hydrogen (secondary N) is 2. The van der Waals surface area contributed by atoms with Gasteiger partial charge in [0.2, 0.25) is 0 Å². The second-order valence-electron chi connectivity index (χ2n) is 6.98. The summed E-state index contributed by atoms with van der Waals surface area (Å²) in [6.07, 6.45) is 9.26. The predicted molar refractivity (Wildman–Crippen MR) is 97.0 cm³/mol. The Kier molecular flexibility index (Phi) is 8.76. The zero-order chi connectivity index (χ0) is 16.3. The summed E-state index contributed by atoms with van der Waals surface area (Å²) in [5.74, 6) is 1.80. The van der Waals surface area contributed by atoms with Gasteiger partial charge in [0.1, 0.15) is 0 Å². The molecular formula is C18H36N4O. The minimum Gasteiger partial charge on any atom is -0.381 e. The fourth-order valence-corrected chi connectivity index (χ4v) is 3.11. The monoisotopic (exact) mass is 324 g/mol. The first-order valence-corrected chi connectivity index (χ1v) is 9.59. The van der Waals surface area contributed by atoms with Gasteiger partial charge in [0, 0.05) is 45.4 Å². The molecule has 0 heterocycles. The predicted octanol–water partition coefficient (Wildman–Crippen LogP) is 2.23. The summed E-state index contributed by atoms with van der Waals surface area (Å²) in [6.45, 7) is 7.68. The molecule has 0 aromatic carbocycles. The Morgan fingerprint density at radius 2 is 1.96 bits per heavy atom. The van der Waals surface area contributed by atoms with Crippen LogP contribution >= 0.6 is 0 Å². The van der Waals surface area contributed by atoms with E-state index in [2.05, 4.69) is 34.5 Å². The molecule has 0 aromatic rings. The van der Waals surface area contributed by atoms with Gasteiger partial charge < -0.3 is 20.3 Å². The van der Waals surface area contributed by atoms with E-state index in [4.69, 9.17) is 4.74 Å². The summed E-state index contributed by atoms with van der Waals surface area (Å²) < 4.78 is 5.65. The Morgan fingerprint density at radius 3 is 2.65 bits per heavy atom. The van der Waals surface area contributed by atoms with Crippen molar-refractivity contribution in [1.29, 1.82) is 0 Å². The number of rotatable bonds is 11. The number of nitrogens with zero attached hydrogens (tertiary/aromatic N) is 2. The van der Waals surface area contributed by atoms with E-state index >= 15 is 0 Å². The Bertz CT molecular complexity index is 338. The van der Waals surface area contributed by atoms with Gasteiger partial charge in [-0.15, -0.1) is 0 Å². The molecule has 2 aliphatic carbocycles. The molecule has 0 saturated heterocycles. The van der Waals surface area contributed by atoms with E-state index in [-0.39, 0.29) is 0 Å². The second-order valence-corrected chi connectivity index (χ2v) is 6.98. The standard InChI is InChI=1S/C18H36N4O/c1-3-19-18(20-11-6-14-23-15-16-9-10-16)21-12-13-22(2)17-7-4-5-8-17/h16-17H,3-15H2,1-2H3,(H2,19,20,21). The van der Waals surface area contributed by atoms with Crippen LogP contribution in [0.25, 0.3) is 0 Å². The average Bonchev–Trinajstić information content (AvgIpc) is 3.20. The van der Waals surface area contributed by atoms with Crippen LogP contribution in [0, 0.1) is 5.92 Å². The Balaban J connectivity index is 1.54. The molecule has 0 aliphatic heterocycles. The van der Waals surface area contributed by atoms with Crippen molar-refractivity contribution in [3.05, 3.63) is 0 Å². The highest BCUT2D eigenvalue weighted by molar-refractivity contribution is 5.79. The molecule has 2 aliphatic rings. The van der Waals surface area contributed by atoms with Crippen molar-refractivity contribution in [3.8, 4) is 0 Å². The van der Waals surface area contributed by atoms with Gasteiger partial charge in [0.25, 0.3) is 0 Å². The van der Waals surface area contributed by atoms with Gasteiger partial charge in [-0.3, -0.25) is 4.99 Å². The summed E-state index contributed by atoms with van der Waals surface area (Å²) in [7, 11) is 2.25. The SMILES string of the molecule is CCNC(=NCCCOCC1CC1)NCCN(C)C1CCCC1. The lowest BCUT2D eigenvalue weighted by Gasteiger charge is -2.24. The summed E-state index contributed by atoms with van der Waals surface area (Å²) >= 11 is 0. The van der Waals surface area contributed by atoms with Gasteiger partial charge in [0.05, 0.1) is 0 Å². The number of hydrogen-bond donors (Lipinski definition) is 2. The van der Waals surface area contributed by atoms with Crippen LogP contribution in [0.3, 0.4) is 0 Å². The lowest BCUT2D eigenvalue weighted by molar-refractivity contribution is 0.123. The van der Waals surface area contributed by atoms with Gasteiger partial charge >= 0.3 is 0 Å². The van der Waals surface area contributed by atoms with E-state index in [1.807, 2.05) is 0 Å². The van der Waals surface area contributed by atoms with Crippen molar-refractivity contribution < 1.29 is 4.74 Å². The largest absolute Gasteiger partial charge is 0.381 e. The molecular weight excluding hydrogens is 288 g/mol. The van der Waals surface area contributed by atoms with Crippen LogP contribution in [-0.2, 0) is 4.74 Å². The summed E-state index contributed by atoms with van der Waals surface area (Å²) in [5, 5.41) is 6.78. The van der Waals surface area contributed by atoms with E-state index in [1.54, 1.807) is 0 Å². The molecule has 2 N–H and O–H groups in total. The lowest BCUT2D eigenvalue weighted by Crippen LogP contribution is -2.42. The molecule has 134 valence electrons. The Hall–Kier alpha value is -0.810. The topological polar surface area (TPSA) is 48.9 Å². The van der Waals surface area contributed by atoms with E-state index in [1.165, 1.54) is 38.5 Å².